The van der Waals surface area contributed by atoms with Crippen molar-refractivity contribution in [2.24, 2.45) is 0 Å². The van der Waals surface area contributed by atoms with E-state index in [0.29, 0.717) is 18.5 Å². The molecule has 2 heterocycles. The van der Waals surface area contributed by atoms with Crippen LogP contribution < -0.4 is 0 Å². The van der Waals surface area contributed by atoms with E-state index in [-0.39, 0.29) is 12.1 Å². The fourth-order valence-electron chi connectivity index (χ4n) is 2.98. The van der Waals surface area contributed by atoms with Crippen molar-refractivity contribution in [1.29, 1.82) is 0 Å². The molecule has 1 aromatic carbocycles. The Morgan fingerprint density at radius 2 is 1.84 bits per heavy atom. The number of carbonyl (C=O) groups excluding carboxylic acids is 1. The third-order valence-corrected chi connectivity index (χ3v) is 4.10. The molecule has 1 fully saturated rings. The van der Waals surface area contributed by atoms with Crippen molar-refractivity contribution in [3.05, 3.63) is 48.0 Å². The molecule has 2 atom stereocenters. The quantitative estimate of drug-likeness (QED) is 0.614. The van der Waals surface area contributed by atoms with Crippen molar-refractivity contribution in [3.8, 4) is 0 Å². The molecule has 3 rings (SSSR count). The van der Waals surface area contributed by atoms with Crippen LogP contribution in [0.4, 0.5) is 0 Å². The van der Waals surface area contributed by atoms with Gasteiger partial charge >= 0.3 is 5.97 Å². The van der Waals surface area contributed by atoms with E-state index in [9.17, 15) is 4.79 Å². The van der Waals surface area contributed by atoms with Gasteiger partial charge in [0.15, 0.2) is 0 Å². The van der Waals surface area contributed by atoms with Crippen LogP contribution in [-0.2, 0) is 16.0 Å². The minimum absolute atomic E-state index is 0.0670. The van der Waals surface area contributed by atoms with Gasteiger partial charge in [0.2, 0.25) is 0 Å². The van der Waals surface area contributed by atoms with Gasteiger partial charge in [-0.25, -0.2) is 0 Å². The Morgan fingerprint density at radius 1 is 1.21 bits per heavy atom. The second-order valence-electron chi connectivity index (χ2n) is 5.43. The lowest BCUT2D eigenvalue weighted by Crippen LogP contribution is -2.44. The molecule has 3 nitrogen and oxygen atoms in total. The van der Waals surface area contributed by atoms with E-state index >= 15 is 0 Å². The molecule has 2 unspecified atom stereocenters. The van der Waals surface area contributed by atoms with Gasteiger partial charge in [-0.15, -0.1) is 0 Å². The van der Waals surface area contributed by atoms with Crippen molar-refractivity contribution < 1.29 is 9.53 Å². The Kier molecular flexibility index (Phi) is 3.38. The number of hydrogen-bond acceptors (Lipinski definition) is 3. The minimum Gasteiger partial charge on any atom is -0.462 e. The van der Waals surface area contributed by atoms with E-state index in [0.717, 1.165) is 18.4 Å². The molecule has 0 radical (unpaired) electrons. The Labute approximate surface area is 113 Å². The predicted molar refractivity (Wildman–Crippen MR) is 73.7 cm³/mol. The zero-order chi connectivity index (χ0) is 13.2. The van der Waals surface area contributed by atoms with Crippen LogP contribution in [0.15, 0.2) is 42.5 Å². The molecule has 0 aromatic heterocycles. The maximum atomic E-state index is 11.9. The van der Waals surface area contributed by atoms with E-state index in [1.807, 2.05) is 30.3 Å². The molecule has 2 bridgehead atoms. The second kappa shape index (κ2) is 5.17. The summed E-state index contributed by atoms with van der Waals surface area (Å²) < 4.78 is 5.62. The van der Waals surface area contributed by atoms with E-state index in [2.05, 4.69) is 24.1 Å². The van der Waals surface area contributed by atoms with Gasteiger partial charge in [0, 0.05) is 24.9 Å². The summed E-state index contributed by atoms with van der Waals surface area (Å²) in [4.78, 5) is 14.3. The molecule has 1 aromatic rings. The van der Waals surface area contributed by atoms with Crippen LogP contribution >= 0.6 is 0 Å². The van der Waals surface area contributed by atoms with Crippen molar-refractivity contribution in [2.45, 2.75) is 37.5 Å². The highest BCUT2D eigenvalue weighted by molar-refractivity contribution is 5.72. The number of nitrogens with zero attached hydrogens (tertiary/aromatic N) is 1. The first kappa shape index (κ1) is 12.4. The van der Waals surface area contributed by atoms with Crippen LogP contribution in [-0.4, -0.2) is 36.1 Å². The Bertz CT molecular complexity index is 467. The maximum absolute atomic E-state index is 11.9. The molecule has 2 aliphatic heterocycles. The molecular weight excluding hydrogens is 238 g/mol. The third kappa shape index (κ3) is 2.71. The van der Waals surface area contributed by atoms with Gasteiger partial charge in [-0.2, -0.15) is 0 Å². The summed E-state index contributed by atoms with van der Waals surface area (Å²) in [6.45, 7) is 0. The fourth-order valence-corrected chi connectivity index (χ4v) is 2.98. The van der Waals surface area contributed by atoms with Crippen molar-refractivity contribution in [2.75, 3.05) is 7.05 Å². The van der Waals surface area contributed by atoms with Crippen LogP contribution in [0.1, 0.15) is 18.4 Å². The number of esters is 1. The van der Waals surface area contributed by atoms with Gasteiger partial charge in [0.25, 0.3) is 0 Å². The highest BCUT2D eigenvalue weighted by Crippen LogP contribution is 2.30. The SMILES string of the molecule is CN1C2C=CC1CC(OC(=O)Cc1ccccc1)C2. The molecule has 1 saturated heterocycles. The normalized spacial score (nSPS) is 29.4. The Hall–Kier alpha value is -1.61. The third-order valence-electron chi connectivity index (χ3n) is 4.10. The summed E-state index contributed by atoms with van der Waals surface area (Å²) in [5.41, 5.74) is 1.02. The summed E-state index contributed by atoms with van der Waals surface area (Å²) in [6, 6.07) is 10.6. The number of benzene rings is 1. The summed E-state index contributed by atoms with van der Waals surface area (Å²) in [5.74, 6) is -0.111. The highest BCUT2D eigenvalue weighted by Gasteiger charge is 2.36. The van der Waals surface area contributed by atoms with E-state index in [1.54, 1.807) is 0 Å². The van der Waals surface area contributed by atoms with Crippen LogP contribution in [0.3, 0.4) is 0 Å². The van der Waals surface area contributed by atoms with Gasteiger partial charge in [0.1, 0.15) is 6.10 Å². The standard InChI is InChI=1S/C16H19NO2/c1-17-13-7-8-14(17)11-15(10-13)19-16(18)9-12-5-3-2-4-6-12/h2-8,13-15H,9-11H2,1H3. The molecule has 0 aliphatic carbocycles. The lowest BCUT2D eigenvalue weighted by atomic mass is 9.99. The molecule has 0 spiro atoms. The number of likely N-dealkylation sites (N-methyl/N-ethyl adjacent to an activating group) is 1. The first-order valence-corrected chi connectivity index (χ1v) is 6.86. The second-order valence-corrected chi connectivity index (χ2v) is 5.43. The number of carbonyl (C=O) groups is 1. The van der Waals surface area contributed by atoms with Crippen LogP contribution in [0, 0.1) is 0 Å². The first-order chi connectivity index (χ1) is 9.22. The summed E-state index contributed by atoms with van der Waals surface area (Å²) in [7, 11) is 2.14. The monoisotopic (exact) mass is 257 g/mol. The fraction of sp³-hybridized carbons (Fsp3) is 0.438. The van der Waals surface area contributed by atoms with Gasteiger partial charge in [0.05, 0.1) is 6.42 Å². The van der Waals surface area contributed by atoms with E-state index < -0.39 is 0 Å². The van der Waals surface area contributed by atoms with Crippen molar-refractivity contribution in [1.82, 2.24) is 4.90 Å². The molecular formula is C16H19NO2. The van der Waals surface area contributed by atoms with Gasteiger partial charge in [-0.1, -0.05) is 42.5 Å². The van der Waals surface area contributed by atoms with Crippen LogP contribution in [0.2, 0.25) is 0 Å². The highest BCUT2D eigenvalue weighted by atomic mass is 16.5. The molecule has 0 amide bonds. The number of hydrogen-bond donors (Lipinski definition) is 0. The van der Waals surface area contributed by atoms with Crippen LogP contribution in [0.25, 0.3) is 0 Å². The minimum atomic E-state index is -0.111. The summed E-state index contributed by atoms with van der Waals surface area (Å²) in [5, 5.41) is 0. The lowest BCUT2D eigenvalue weighted by Gasteiger charge is -2.36. The van der Waals surface area contributed by atoms with Crippen molar-refractivity contribution >= 4 is 5.97 Å². The predicted octanol–water partition coefficient (Wildman–Crippen LogP) is 2.17. The summed E-state index contributed by atoms with van der Waals surface area (Å²) >= 11 is 0. The van der Waals surface area contributed by atoms with Crippen LogP contribution in [0.5, 0.6) is 0 Å². The topological polar surface area (TPSA) is 29.5 Å². The molecule has 3 heteroatoms. The zero-order valence-electron chi connectivity index (χ0n) is 11.2. The number of fused-ring (bicyclic) bond motifs is 2. The molecule has 0 N–H and O–H groups in total. The molecule has 100 valence electrons. The van der Waals surface area contributed by atoms with Crippen molar-refractivity contribution in [3.63, 3.8) is 0 Å². The zero-order valence-corrected chi connectivity index (χ0v) is 11.2. The Balaban J connectivity index is 1.54. The summed E-state index contributed by atoms with van der Waals surface area (Å²) in [6.07, 6.45) is 6.74. The molecule has 19 heavy (non-hydrogen) atoms. The number of piperidine rings is 1. The average molecular weight is 257 g/mol. The first-order valence-electron chi connectivity index (χ1n) is 6.86. The number of ether oxygens (including phenoxy) is 1. The lowest BCUT2D eigenvalue weighted by molar-refractivity contribution is -0.151. The van der Waals surface area contributed by atoms with E-state index in [1.165, 1.54) is 0 Å². The number of rotatable bonds is 3. The largest absolute Gasteiger partial charge is 0.462 e. The van der Waals surface area contributed by atoms with E-state index in [4.69, 9.17) is 4.74 Å². The molecule has 2 aliphatic rings. The van der Waals surface area contributed by atoms with Gasteiger partial charge < -0.3 is 4.74 Å². The van der Waals surface area contributed by atoms with Gasteiger partial charge in [-0.05, 0) is 12.6 Å². The Morgan fingerprint density at radius 3 is 2.47 bits per heavy atom. The maximum Gasteiger partial charge on any atom is 0.310 e. The smallest absolute Gasteiger partial charge is 0.310 e. The van der Waals surface area contributed by atoms with Gasteiger partial charge in [-0.3, -0.25) is 9.69 Å². The molecule has 0 saturated carbocycles. The average Bonchev–Trinajstić information content (AvgIpc) is 2.63.